The lowest BCUT2D eigenvalue weighted by Gasteiger charge is -2.48. The van der Waals surface area contributed by atoms with Crippen molar-refractivity contribution in [3.05, 3.63) is 0 Å². The van der Waals surface area contributed by atoms with E-state index < -0.39 is 112 Å². The van der Waals surface area contributed by atoms with E-state index in [9.17, 15) is 56.2 Å². The van der Waals surface area contributed by atoms with E-state index in [1.54, 1.807) is 0 Å². The molecule has 3 heterocycles. The molecule has 16 heteroatoms. The molecule has 0 bridgehead atoms. The summed E-state index contributed by atoms with van der Waals surface area (Å²) in [6, 6.07) is 0. The first kappa shape index (κ1) is 27.9. The largest absolute Gasteiger partial charge is 0.394 e. The van der Waals surface area contributed by atoms with E-state index in [4.69, 9.17) is 23.7 Å². The van der Waals surface area contributed by atoms with Crippen LogP contribution in [0, 0.1) is 0 Å². The van der Waals surface area contributed by atoms with E-state index in [2.05, 4.69) is 0 Å². The summed E-state index contributed by atoms with van der Waals surface area (Å²) in [5.41, 5.74) is 0. The number of aliphatic hydroxyl groups excluding tert-OH is 11. The maximum atomic E-state index is 10.6. The van der Waals surface area contributed by atoms with Crippen LogP contribution in [0.15, 0.2) is 0 Å². The molecule has 3 fully saturated rings. The van der Waals surface area contributed by atoms with Gasteiger partial charge in [0.1, 0.15) is 73.2 Å². The van der Waals surface area contributed by atoms with Gasteiger partial charge in [-0.3, -0.25) is 0 Å². The summed E-state index contributed by atoms with van der Waals surface area (Å²) in [4.78, 5) is 0. The van der Waals surface area contributed by atoms with E-state index in [-0.39, 0.29) is 0 Å². The Balaban J connectivity index is 1.84. The highest BCUT2D eigenvalue weighted by Crippen LogP contribution is 2.32. The highest BCUT2D eigenvalue weighted by atomic mass is 16.8. The summed E-state index contributed by atoms with van der Waals surface area (Å²) < 4.78 is 26.5. The zero-order chi connectivity index (χ0) is 25.3. The first-order chi connectivity index (χ1) is 16.0. The number of hydrogen-bond acceptors (Lipinski definition) is 16. The molecule has 0 unspecified atom stereocenters. The minimum atomic E-state index is -1.89. The van der Waals surface area contributed by atoms with Gasteiger partial charge in [-0.25, -0.2) is 0 Å². The number of aliphatic hydroxyl groups is 11. The van der Waals surface area contributed by atoms with Crippen LogP contribution in [0.4, 0.5) is 0 Å². The fourth-order valence-electron chi connectivity index (χ4n) is 4.03. The van der Waals surface area contributed by atoms with Crippen molar-refractivity contribution in [3.63, 3.8) is 0 Å². The van der Waals surface area contributed by atoms with Crippen molar-refractivity contribution in [2.45, 2.75) is 92.1 Å². The van der Waals surface area contributed by atoms with Crippen LogP contribution in [-0.4, -0.2) is 168 Å². The molecule has 3 aliphatic heterocycles. The van der Waals surface area contributed by atoms with Gasteiger partial charge in [-0.15, -0.1) is 0 Å². The molecule has 3 saturated heterocycles. The third-order valence-corrected chi connectivity index (χ3v) is 6.10. The maximum absolute atomic E-state index is 10.6. The smallest absolute Gasteiger partial charge is 0.187 e. The van der Waals surface area contributed by atoms with Gasteiger partial charge in [0.05, 0.1) is 19.8 Å². The SMILES string of the molecule is OC[C@H]1O[C@H](O[C@H]2[C@@H](O[C@@H]3[C@@H](O)[C@@H](O)O[C@H](CO)[C@H]3O)O[C@H](CO)[C@@H](O)[C@@H]2O)[C@H](O)[C@@H](O)[C@@H]1O. The van der Waals surface area contributed by atoms with Gasteiger partial charge in [-0.1, -0.05) is 0 Å². The Morgan fingerprint density at radius 3 is 1.47 bits per heavy atom. The maximum Gasteiger partial charge on any atom is 0.187 e. The quantitative estimate of drug-likeness (QED) is 0.154. The molecule has 200 valence electrons. The second-order valence-corrected chi connectivity index (χ2v) is 8.33. The van der Waals surface area contributed by atoms with E-state index in [1.165, 1.54) is 0 Å². The van der Waals surface area contributed by atoms with Gasteiger partial charge >= 0.3 is 0 Å². The second-order valence-electron chi connectivity index (χ2n) is 8.33. The lowest BCUT2D eigenvalue weighted by Crippen LogP contribution is -2.67. The third kappa shape index (κ3) is 5.37. The predicted molar refractivity (Wildman–Crippen MR) is 101 cm³/mol. The molecule has 0 aromatic rings. The molecule has 16 nitrogen and oxygen atoms in total. The van der Waals surface area contributed by atoms with Crippen molar-refractivity contribution >= 4 is 0 Å². The predicted octanol–water partition coefficient (Wildman–Crippen LogP) is -7.57. The van der Waals surface area contributed by atoms with Crippen molar-refractivity contribution in [1.29, 1.82) is 0 Å². The molecule has 34 heavy (non-hydrogen) atoms. The summed E-state index contributed by atoms with van der Waals surface area (Å²) >= 11 is 0. The first-order valence-corrected chi connectivity index (χ1v) is 10.6. The van der Waals surface area contributed by atoms with Crippen LogP contribution in [-0.2, 0) is 23.7 Å². The minimum Gasteiger partial charge on any atom is -0.394 e. The highest BCUT2D eigenvalue weighted by molar-refractivity contribution is 4.96. The van der Waals surface area contributed by atoms with Crippen LogP contribution < -0.4 is 0 Å². The van der Waals surface area contributed by atoms with Crippen molar-refractivity contribution in [2.75, 3.05) is 19.8 Å². The summed E-state index contributed by atoms with van der Waals surface area (Å²) in [7, 11) is 0. The van der Waals surface area contributed by atoms with Crippen LogP contribution in [0.5, 0.6) is 0 Å². The summed E-state index contributed by atoms with van der Waals surface area (Å²) in [5, 5.41) is 110. The van der Waals surface area contributed by atoms with Crippen molar-refractivity contribution in [2.24, 2.45) is 0 Å². The Hall–Kier alpha value is -0.640. The van der Waals surface area contributed by atoms with Gasteiger partial charge in [0.25, 0.3) is 0 Å². The number of ether oxygens (including phenoxy) is 5. The van der Waals surface area contributed by atoms with Gasteiger partial charge in [0.15, 0.2) is 18.9 Å². The number of hydrogen-bond donors (Lipinski definition) is 11. The molecule has 3 rings (SSSR count). The monoisotopic (exact) mass is 504 g/mol. The van der Waals surface area contributed by atoms with Crippen LogP contribution in [0.25, 0.3) is 0 Å². The van der Waals surface area contributed by atoms with Crippen LogP contribution in [0.3, 0.4) is 0 Å². The Labute approximate surface area is 192 Å². The van der Waals surface area contributed by atoms with E-state index in [0.29, 0.717) is 0 Å². The molecule has 0 amide bonds. The minimum absolute atomic E-state index is 0.762. The average molecular weight is 504 g/mol. The fourth-order valence-corrected chi connectivity index (χ4v) is 4.03. The average Bonchev–Trinajstić information content (AvgIpc) is 2.83. The molecule has 3 aliphatic rings. The van der Waals surface area contributed by atoms with Crippen molar-refractivity contribution in [3.8, 4) is 0 Å². The molecule has 0 aromatic carbocycles. The topological polar surface area (TPSA) is 269 Å². The van der Waals surface area contributed by atoms with E-state index in [0.717, 1.165) is 0 Å². The Morgan fingerprint density at radius 1 is 0.441 bits per heavy atom. The number of rotatable bonds is 7. The van der Waals surface area contributed by atoms with Crippen LogP contribution in [0.2, 0.25) is 0 Å². The van der Waals surface area contributed by atoms with E-state index in [1.807, 2.05) is 0 Å². The van der Waals surface area contributed by atoms with Crippen molar-refractivity contribution in [1.82, 2.24) is 0 Å². The molecular weight excluding hydrogens is 472 g/mol. The van der Waals surface area contributed by atoms with Gasteiger partial charge in [-0.05, 0) is 0 Å². The summed E-state index contributed by atoms with van der Waals surface area (Å²) in [5.74, 6) is 0. The molecule has 0 spiro atoms. The Bertz CT molecular complexity index is 639. The van der Waals surface area contributed by atoms with Gasteiger partial charge in [0, 0.05) is 0 Å². The lowest BCUT2D eigenvalue weighted by atomic mass is 9.96. The summed E-state index contributed by atoms with van der Waals surface area (Å²) in [6.45, 7) is -2.34. The molecule has 0 radical (unpaired) electrons. The molecule has 11 N–H and O–H groups in total. The fraction of sp³-hybridized carbons (Fsp3) is 1.00. The standard InChI is InChI=1S/C18H32O16/c19-1-4-7(22)10(25)12(27)17(31-4)34-15-11(26)8(23)5(2-20)32-18(15)33-14-9(24)6(3-21)30-16(29)13(14)28/h4-29H,1-3H2/t4-,5-,6-,7-,8-,9-,10+,11+,12-,13-,14+,15-,16+,17-,18-/m1/s1. The van der Waals surface area contributed by atoms with Crippen LogP contribution >= 0.6 is 0 Å². The van der Waals surface area contributed by atoms with Crippen molar-refractivity contribution < 1.29 is 79.9 Å². The van der Waals surface area contributed by atoms with Gasteiger partial charge in [-0.2, -0.15) is 0 Å². The Morgan fingerprint density at radius 2 is 0.912 bits per heavy atom. The third-order valence-electron chi connectivity index (χ3n) is 6.10. The summed E-state index contributed by atoms with van der Waals surface area (Å²) in [6.07, 6.45) is -25.7. The molecule has 0 aliphatic carbocycles. The molecule has 15 atom stereocenters. The zero-order valence-electron chi connectivity index (χ0n) is 17.7. The molecule has 0 aromatic heterocycles. The zero-order valence-corrected chi connectivity index (χ0v) is 17.7. The van der Waals surface area contributed by atoms with Gasteiger partial charge < -0.3 is 79.9 Å². The molecule has 0 saturated carbocycles. The van der Waals surface area contributed by atoms with Crippen LogP contribution in [0.1, 0.15) is 0 Å². The molecular formula is C18H32O16. The second kappa shape index (κ2) is 11.6. The normalized spacial score (nSPS) is 52.5. The highest BCUT2D eigenvalue weighted by Gasteiger charge is 2.53. The Kier molecular flexibility index (Phi) is 9.54. The lowest BCUT2D eigenvalue weighted by molar-refractivity contribution is -0.387. The van der Waals surface area contributed by atoms with Gasteiger partial charge in [0.2, 0.25) is 0 Å². The first-order valence-electron chi connectivity index (χ1n) is 10.6. The van der Waals surface area contributed by atoms with E-state index >= 15 is 0 Å².